The molecule has 0 saturated carbocycles. The van der Waals surface area contributed by atoms with Gasteiger partial charge in [-0.2, -0.15) is 4.72 Å². The lowest BCUT2D eigenvalue weighted by Gasteiger charge is -2.20. The largest absolute Gasteiger partial charge is 0.341 e. The van der Waals surface area contributed by atoms with E-state index >= 15 is 0 Å². The molecule has 1 aliphatic heterocycles. The van der Waals surface area contributed by atoms with E-state index in [9.17, 15) is 13.2 Å². The molecule has 0 spiro atoms. The van der Waals surface area contributed by atoms with E-state index in [0.717, 1.165) is 29.4 Å². The second-order valence-corrected chi connectivity index (χ2v) is 7.23. The van der Waals surface area contributed by atoms with Gasteiger partial charge in [-0.1, -0.05) is 29.8 Å². The van der Waals surface area contributed by atoms with Crippen LogP contribution in [0.25, 0.3) is 6.08 Å². The molecule has 0 aromatic heterocycles. The van der Waals surface area contributed by atoms with Crippen LogP contribution in [0.1, 0.15) is 30.9 Å². The molecule has 1 aromatic rings. The molecule has 1 fully saturated rings. The first kappa shape index (κ1) is 16.7. The van der Waals surface area contributed by atoms with Gasteiger partial charge in [0.1, 0.15) is 0 Å². The Morgan fingerprint density at radius 2 is 1.82 bits per heavy atom. The molecule has 5 nitrogen and oxygen atoms in total. The average molecular weight is 322 g/mol. The number of nitrogens with zero attached hydrogens (tertiary/aromatic N) is 1. The van der Waals surface area contributed by atoms with Crippen LogP contribution in [0.15, 0.2) is 29.7 Å². The number of carbonyl (C=O) groups is 1. The van der Waals surface area contributed by atoms with Gasteiger partial charge in [-0.15, -0.1) is 0 Å². The third-order valence-corrected chi connectivity index (χ3v) is 4.82. The van der Waals surface area contributed by atoms with Gasteiger partial charge in [0.15, 0.2) is 0 Å². The Balaban J connectivity index is 1.97. The van der Waals surface area contributed by atoms with E-state index in [4.69, 9.17) is 0 Å². The maximum Gasteiger partial charge on any atom is 0.240 e. The minimum absolute atomic E-state index is 0.162. The highest BCUT2D eigenvalue weighted by atomic mass is 32.2. The van der Waals surface area contributed by atoms with Crippen molar-refractivity contribution in [2.75, 3.05) is 13.1 Å². The summed E-state index contributed by atoms with van der Waals surface area (Å²) in [6, 6.07) is 6.78. The number of nitrogens with one attached hydrogen (secondary N) is 1. The van der Waals surface area contributed by atoms with E-state index < -0.39 is 16.1 Å². The summed E-state index contributed by atoms with van der Waals surface area (Å²) in [7, 11) is -3.64. The highest BCUT2D eigenvalue weighted by Gasteiger charge is 2.25. The van der Waals surface area contributed by atoms with Gasteiger partial charge in [-0.25, -0.2) is 8.42 Å². The van der Waals surface area contributed by atoms with Gasteiger partial charge in [-0.3, -0.25) is 4.79 Å². The quantitative estimate of drug-likeness (QED) is 0.900. The molecule has 1 aliphatic rings. The first-order valence-electron chi connectivity index (χ1n) is 7.43. The van der Waals surface area contributed by atoms with Crippen LogP contribution in [-0.2, 0) is 14.8 Å². The van der Waals surface area contributed by atoms with Gasteiger partial charge >= 0.3 is 0 Å². The van der Waals surface area contributed by atoms with Crippen LogP contribution in [0.2, 0.25) is 0 Å². The maximum atomic E-state index is 12.1. The number of likely N-dealkylation sites (tertiary alicyclic amines) is 1. The van der Waals surface area contributed by atoms with Crippen LogP contribution < -0.4 is 4.72 Å². The Bertz CT molecular complexity index is 644. The first-order chi connectivity index (χ1) is 10.4. The van der Waals surface area contributed by atoms with Crippen molar-refractivity contribution in [3.63, 3.8) is 0 Å². The smallest absolute Gasteiger partial charge is 0.240 e. The molecule has 6 heteroatoms. The van der Waals surface area contributed by atoms with Gasteiger partial charge in [-0.05, 0) is 38.3 Å². The first-order valence-corrected chi connectivity index (χ1v) is 8.98. The Kier molecular flexibility index (Phi) is 5.37. The monoisotopic (exact) mass is 322 g/mol. The summed E-state index contributed by atoms with van der Waals surface area (Å²) in [5.74, 6) is -0.162. The topological polar surface area (TPSA) is 66.5 Å². The zero-order valence-electron chi connectivity index (χ0n) is 13.0. The number of benzene rings is 1. The zero-order chi connectivity index (χ0) is 16.2. The molecule has 0 unspecified atom stereocenters. The summed E-state index contributed by atoms with van der Waals surface area (Å²) >= 11 is 0. The van der Waals surface area contributed by atoms with E-state index in [1.807, 2.05) is 31.2 Å². The van der Waals surface area contributed by atoms with Gasteiger partial charge < -0.3 is 4.90 Å². The summed E-state index contributed by atoms with van der Waals surface area (Å²) in [6.07, 6.45) is 3.49. The van der Waals surface area contributed by atoms with E-state index in [1.54, 1.807) is 11.8 Å². The van der Waals surface area contributed by atoms with Crippen LogP contribution in [0, 0.1) is 6.92 Å². The van der Waals surface area contributed by atoms with Crippen LogP contribution in [-0.4, -0.2) is 38.4 Å². The lowest BCUT2D eigenvalue weighted by Crippen LogP contribution is -2.45. The summed E-state index contributed by atoms with van der Waals surface area (Å²) in [5.41, 5.74) is 1.91. The SMILES string of the molecule is Cc1ccc(/C=C\S(=O)(=O)N[C@H](C)C(=O)N2CCCC2)cc1. The highest BCUT2D eigenvalue weighted by molar-refractivity contribution is 7.92. The van der Waals surface area contributed by atoms with Crippen LogP contribution in [0.5, 0.6) is 0 Å². The van der Waals surface area contributed by atoms with Gasteiger partial charge in [0.25, 0.3) is 0 Å². The van der Waals surface area contributed by atoms with E-state index in [0.29, 0.717) is 13.1 Å². The number of amides is 1. The number of carbonyl (C=O) groups excluding carboxylic acids is 1. The zero-order valence-corrected chi connectivity index (χ0v) is 13.8. The Labute approximate surface area is 132 Å². The predicted octanol–water partition coefficient (Wildman–Crippen LogP) is 1.90. The standard InChI is InChI=1S/C16H22N2O3S/c1-13-5-7-15(8-6-13)9-12-22(20,21)17-14(2)16(19)18-10-3-4-11-18/h5-9,12,14,17H,3-4,10-11H2,1-2H3/b12-9-/t14-/m1/s1. The Morgan fingerprint density at radius 1 is 1.23 bits per heavy atom. The molecule has 1 heterocycles. The van der Waals surface area contributed by atoms with E-state index in [-0.39, 0.29) is 5.91 Å². The molecule has 1 atom stereocenters. The molecule has 0 aliphatic carbocycles. The minimum Gasteiger partial charge on any atom is -0.341 e. The lowest BCUT2D eigenvalue weighted by molar-refractivity contribution is -0.131. The Morgan fingerprint density at radius 3 is 2.41 bits per heavy atom. The van der Waals surface area contributed by atoms with Crippen LogP contribution in [0.4, 0.5) is 0 Å². The molecule has 0 bridgehead atoms. The third kappa shape index (κ3) is 4.68. The molecule has 1 aromatic carbocycles. The number of rotatable bonds is 5. The third-order valence-electron chi connectivity index (χ3n) is 3.65. The van der Waals surface area contributed by atoms with Crippen LogP contribution in [0.3, 0.4) is 0 Å². The average Bonchev–Trinajstić information content (AvgIpc) is 2.99. The van der Waals surface area contributed by atoms with E-state index in [1.165, 1.54) is 6.08 Å². The molecule has 2 rings (SSSR count). The second-order valence-electron chi connectivity index (χ2n) is 5.63. The highest BCUT2D eigenvalue weighted by Crippen LogP contribution is 2.10. The maximum absolute atomic E-state index is 12.1. The normalized spacial score (nSPS) is 17.1. The van der Waals surface area contributed by atoms with Crippen molar-refractivity contribution in [1.82, 2.24) is 9.62 Å². The van der Waals surface area contributed by atoms with Crippen molar-refractivity contribution >= 4 is 22.0 Å². The molecule has 1 saturated heterocycles. The minimum atomic E-state index is -3.64. The van der Waals surface area contributed by atoms with Crippen LogP contribution >= 0.6 is 0 Å². The molecule has 22 heavy (non-hydrogen) atoms. The lowest BCUT2D eigenvalue weighted by atomic mass is 10.2. The molecule has 0 radical (unpaired) electrons. The number of sulfonamides is 1. The number of hydrogen-bond donors (Lipinski definition) is 1. The second kappa shape index (κ2) is 7.07. The van der Waals surface area contributed by atoms with Crippen molar-refractivity contribution in [3.05, 3.63) is 40.8 Å². The predicted molar refractivity (Wildman–Crippen MR) is 87.5 cm³/mol. The van der Waals surface area contributed by atoms with Crippen molar-refractivity contribution in [2.24, 2.45) is 0 Å². The fraction of sp³-hybridized carbons (Fsp3) is 0.438. The van der Waals surface area contributed by atoms with Crippen molar-refractivity contribution in [1.29, 1.82) is 0 Å². The summed E-state index contributed by atoms with van der Waals surface area (Å²) in [4.78, 5) is 13.8. The molecule has 120 valence electrons. The van der Waals surface area contributed by atoms with E-state index in [2.05, 4.69) is 4.72 Å². The fourth-order valence-electron chi connectivity index (χ4n) is 2.39. The summed E-state index contributed by atoms with van der Waals surface area (Å²) < 4.78 is 26.5. The van der Waals surface area contributed by atoms with Gasteiger partial charge in [0.05, 0.1) is 6.04 Å². The van der Waals surface area contributed by atoms with Crippen molar-refractivity contribution in [3.8, 4) is 0 Å². The molecule has 1 N–H and O–H groups in total. The number of hydrogen-bond acceptors (Lipinski definition) is 3. The molecule has 1 amide bonds. The van der Waals surface area contributed by atoms with Crippen molar-refractivity contribution in [2.45, 2.75) is 32.7 Å². The summed E-state index contributed by atoms with van der Waals surface area (Å²) in [6.45, 7) is 4.98. The van der Waals surface area contributed by atoms with Gasteiger partial charge in [0, 0.05) is 18.5 Å². The summed E-state index contributed by atoms with van der Waals surface area (Å²) in [5, 5.41) is 1.10. The molecular formula is C16H22N2O3S. The fourth-order valence-corrected chi connectivity index (χ4v) is 3.40. The number of aryl methyl sites for hydroxylation is 1. The molecular weight excluding hydrogens is 300 g/mol. The Hall–Kier alpha value is -1.66. The van der Waals surface area contributed by atoms with Crippen molar-refractivity contribution < 1.29 is 13.2 Å². The van der Waals surface area contributed by atoms with Gasteiger partial charge in [0.2, 0.25) is 15.9 Å².